The maximum atomic E-state index is 13.7. The van der Waals surface area contributed by atoms with E-state index in [9.17, 15) is 27.2 Å². The Morgan fingerprint density at radius 1 is 1.07 bits per heavy atom. The van der Waals surface area contributed by atoms with Gasteiger partial charge in [0, 0.05) is 17.4 Å². The summed E-state index contributed by atoms with van der Waals surface area (Å²) in [5.74, 6) is -1.52. The second-order valence-corrected chi connectivity index (χ2v) is 6.34. The van der Waals surface area contributed by atoms with Crippen LogP contribution in [0.15, 0.2) is 53.3 Å². The lowest BCUT2D eigenvalue weighted by Crippen LogP contribution is -2.27. The van der Waals surface area contributed by atoms with Gasteiger partial charge >= 0.3 is 6.18 Å². The molecule has 0 fully saturated rings. The van der Waals surface area contributed by atoms with E-state index < -0.39 is 34.6 Å². The number of benzene rings is 2. The molecule has 3 rings (SSSR count). The van der Waals surface area contributed by atoms with E-state index >= 15 is 0 Å². The molecule has 0 saturated heterocycles. The van der Waals surface area contributed by atoms with Crippen molar-refractivity contribution in [2.45, 2.75) is 20.0 Å². The number of aromatic nitrogens is 2. The van der Waals surface area contributed by atoms with Crippen molar-refractivity contribution in [1.82, 2.24) is 9.78 Å². The summed E-state index contributed by atoms with van der Waals surface area (Å²) in [5, 5.41) is 6.18. The van der Waals surface area contributed by atoms with Crippen molar-refractivity contribution < 1.29 is 22.4 Å². The fourth-order valence-corrected chi connectivity index (χ4v) is 2.71. The van der Waals surface area contributed by atoms with Crippen LogP contribution < -0.4 is 10.7 Å². The molecule has 29 heavy (non-hydrogen) atoms. The molecule has 0 unspecified atom stereocenters. The first-order valence-electron chi connectivity index (χ1n) is 8.43. The zero-order chi connectivity index (χ0) is 21.3. The first-order chi connectivity index (χ1) is 13.6. The van der Waals surface area contributed by atoms with Crippen molar-refractivity contribution in [2.24, 2.45) is 0 Å². The number of carbonyl (C=O) groups is 1. The summed E-state index contributed by atoms with van der Waals surface area (Å²) >= 11 is 0. The molecule has 5 nitrogen and oxygen atoms in total. The zero-order valence-corrected chi connectivity index (χ0v) is 15.3. The number of alkyl halides is 3. The molecule has 0 aliphatic rings. The van der Waals surface area contributed by atoms with Crippen LogP contribution in [0, 0.1) is 19.7 Å². The highest BCUT2D eigenvalue weighted by Gasteiger charge is 2.34. The molecule has 0 atom stereocenters. The molecule has 0 aliphatic heterocycles. The Bertz CT molecular complexity index is 1150. The van der Waals surface area contributed by atoms with Crippen LogP contribution in [0.2, 0.25) is 0 Å². The van der Waals surface area contributed by atoms with Gasteiger partial charge in [-0.3, -0.25) is 9.59 Å². The largest absolute Gasteiger partial charge is 0.418 e. The fraction of sp³-hybridized carbons (Fsp3) is 0.150. The van der Waals surface area contributed by atoms with E-state index in [1.165, 1.54) is 37.3 Å². The number of anilines is 1. The first-order valence-corrected chi connectivity index (χ1v) is 8.43. The Labute approximate surface area is 162 Å². The number of para-hydroxylation sites is 1. The minimum absolute atomic E-state index is 0.0853. The smallest absolute Gasteiger partial charge is 0.320 e. The van der Waals surface area contributed by atoms with Crippen LogP contribution in [0.1, 0.15) is 27.3 Å². The van der Waals surface area contributed by atoms with Gasteiger partial charge in [-0.15, -0.1) is 0 Å². The SMILES string of the molecule is Cc1ccc(NC(=O)c2nn(-c3ccccc3C(F)(F)F)c(C)cc2=O)cc1F. The van der Waals surface area contributed by atoms with Gasteiger partial charge in [0.05, 0.1) is 11.3 Å². The Kier molecular flexibility index (Phi) is 5.23. The van der Waals surface area contributed by atoms with Crippen molar-refractivity contribution in [3.8, 4) is 5.69 Å². The fourth-order valence-electron chi connectivity index (χ4n) is 2.71. The number of hydrogen-bond acceptors (Lipinski definition) is 3. The molecule has 3 aromatic rings. The first kappa shape index (κ1) is 20.2. The monoisotopic (exact) mass is 405 g/mol. The second-order valence-electron chi connectivity index (χ2n) is 6.34. The van der Waals surface area contributed by atoms with Crippen LogP contribution in [-0.4, -0.2) is 15.7 Å². The van der Waals surface area contributed by atoms with Gasteiger partial charge in [0.1, 0.15) is 5.82 Å². The van der Waals surface area contributed by atoms with Crippen LogP contribution in [0.5, 0.6) is 0 Å². The Hall–Kier alpha value is -3.49. The Morgan fingerprint density at radius 2 is 1.76 bits per heavy atom. The Balaban J connectivity index is 2.06. The standard InChI is InChI=1S/C20H15F4N3O2/c1-11-7-8-13(10-15(11)21)25-19(29)18-17(28)9-12(2)27(26-18)16-6-4-3-5-14(16)20(22,23)24/h3-10H,1-2H3,(H,25,29). The predicted molar refractivity (Wildman–Crippen MR) is 98.7 cm³/mol. The molecular formula is C20H15F4N3O2. The number of halogens is 4. The lowest BCUT2D eigenvalue weighted by molar-refractivity contribution is -0.137. The summed E-state index contributed by atoms with van der Waals surface area (Å²) in [6.07, 6.45) is -4.66. The number of nitrogens with zero attached hydrogens (tertiary/aromatic N) is 2. The molecule has 1 N–H and O–H groups in total. The van der Waals surface area contributed by atoms with Crippen molar-refractivity contribution in [1.29, 1.82) is 0 Å². The molecule has 0 saturated carbocycles. The molecule has 0 radical (unpaired) electrons. The van der Waals surface area contributed by atoms with Gasteiger partial charge < -0.3 is 5.32 Å². The minimum atomic E-state index is -4.66. The van der Waals surface area contributed by atoms with Crippen molar-refractivity contribution in [3.63, 3.8) is 0 Å². The van der Waals surface area contributed by atoms with Crippen molar-refractivity contribution in [2.75, 3.05) is 5.32 Å². The lowest BCUT2D eigenvalue weighted by atomic mass is 10.1. The molecule has 1 aromatic heterocycles. The molecule has 2 aromatic carbocycles. The van der Waals surface area contributed by atoms with Crippen LogP contribution in [0.3, 0.4) is 0 Å². The number of nitrogens with one attached hydrogen (secondary N) is 1. The van der Waals surface area contributed by atoms with Crippen LogP contribution in [0.4, 0.5) is 23.2 Å². The number of aryl methyl sites for hydroxylation is 2. The van der Waals surface area contributed by atoms with E-state index in [0.717, 1.165) is 22.9 Å². The van der Waals surface area contributed by atoms with Crippen LogP contribution in [0.25, 0.3) is 5.69 Å². The third-order valence-electron chi connectivity index (χ3n) is 4.19. The average molecular weight is 405 g/mol. The van der Waals surface area contributed by atoms with Gasteiger partial charge in [0.2, 0.25) is 5.43 Å². The van der Waals surface area contributed by atoms with Crippen LogP contribution in [-0.2, 0) is 6.18 Å². The summed E-state index contributed by atoms with van der Waals surface area (Å²) in [4.78, 5) is 24.7. The maximum Gasteiger partial charge on any atom is 0.418 e. The highest BCUT2D eigenvalue weighted by atomic mass is 19.4. The summed E-state index contributed by atoms with van der Waals surface area (Å²) < 4.78 is 54.6. The lowest BCUT2D eigenvalue weighted by Gasteiger charge is -2.16. The van der Waals surface area contributed by atoms with Gasteiger partial charge in [-0.25, -0.2) is 9.07 Å². The average Bonchev–Trinajstić information content (AvgIpc) is 2.64. The van der Waals surface area contributed by atoms with Gasteiger partial charge in [-0.2, -0.15) is 18.3 Å². The van der Waals surface area contributed by atoms with Gasteiger partial charge in [-0.1, -0.05) is 18.2 Å². The second kappa shape index (κ2) is 7.50. The van der Waals surface area contributed by atoms with E-state index in [4.69, 9.17) is 0 Å². The topological polar surface area (TPSA) is 64.0 Å². The third kappa shape index (κ3) is 4.18. The van der Waals surface area contributed by atoms with E-state index in [0.29, 0.717) is 5.56 Å². The zero-order valence-electron chi connectivity index (χ0n) is 15.3. The number of amides is 1. The molecular weight excluding hydrogens is 390 g/mol. The maximum absolute atomic E-state index is 13.7. The van der Waals surface area contributed by atoms with E-state index in [1.807, 2.05) is 0 Å². The minimum Gasteiger partial charge on any atom is -0.320 e. The van der Waals surface area contributed by atoms with Crippen molar-refractivity contribution in [3.05, 3.63) is 87.1 Å². The third-order valence-corrected chi connectivity index (χ3v) is 4.19. The molecule has 0 aliphatic carbocycles. The number of hydrogen-bond donors (Lipinski definition) is 1. The van der Waals surface area contributed by atoms with Gasteiger partial charge in [0.25, 0.3) is 5.91 Å². The van der Waals surface area contributed by atoms with E-state index in [2.05, 4.69) is 10.4 Å². The molecule has 150 valence electrons. The summed E-state index contributed by atoms with van der Waals surface area (Å²) in [5.41, 5.74) is -2.12. The molecule has 1 amide bonds. The van der Waals surface area contributed by atoms with Crippen molar-refractivity contribution >= 4 is 11.6 Å². The normalized spacial score (nSPS) is 11.4. The molecule has 0 spiro atoms. The molecule has 0 bridgehead atoms. The van der Waals surface area contributed by atoms with Gasteiger partial charge in [0.15, 0.2) is 5.69 Å². The number of rotatable bonds is 3. The summed E-state index contributed by atoms with van der Waals surface area (Å²) in [6.45, 7) is 2.94. The van der Waals surface area contributed by atoms with Gasteiger partial charge in [-0.05, 0) is 43.7 Å². The summed E-state index contributed by atoms with van der Waals surface area (Å²) in [6, 6.07) is 9.63. The highest BCUT2D eigenvalue weighted by molar-refractivity contribution is 6.02. The molecule has 1 heterocycles. The quantitative estimate of drug-likeness (QED) is 0.663. The number of carbonyl (C=O) groups excluding carboxylic acids is 1. The van der Waals surface area contributed by atoms with E-state index in [1.54, 1.807) is 6.92 Å². The molecule has 9 heteroatoms. The highest BCUT2D eigenvalue weighted by Crippen LogP contribution is 2.33. The van der Waals surface area contributed by atoms with E-state index in [-0.39, 0.29) is 17.1 Å². The Morgan fingerprint density at radius 3 is 2.41 bits per heavy atom. The summed E-state index contributed by atoms with van der Waals surface area (Å²) in [7, 11) is 0. The van der Waals surface area contributed by atoms with Crippen LogP contribution >= 0.6 is 0 Å². The predicted octanol–water partition coefficient (Wildman–Crippen LogP) is 4.26.